The molecule has 0 saturated carbocycles. The molecule has 0 aliphatic heterocycles. The van der Waals surface area contributed by atoms with Crippen LogP contribution in [0.2, 0.25) is 0 Å². The van der Waals surface area contributed by atoms with Crippen LogP contribution in [-0.2, 0) is 4.79 Å². The summed E-state index contributed by atoms with van der Waals surface area (Å²) in [6.07, 6.45) is 1.02. The van der Waals surface area contributed by atoms with Gasteiger partial charge < -0.3 is 5.11 Å². The summed E-state index contributed by atoms with van der Waals surface area (Å²) in [5.74, 6) is -0.711. The van der Waals surface area contributed by atoms with Crippen LogP contribution in [0.15, 0.2) is 0 Å². The lowest BCUT2D eigenvalue weighted by Crippen LogP contribution is -1.90. The van der Waals surface area contributed by atoms with E-state index < -0.39 is 5.97 Å². The molecule has 0 rings (SSSR count). The first-order valence-electron chi connectivity index (χ1n) is 1.99. The van der Waals surface area contributed by atoms with Crippen molar-refractivity contribution < 1.29 is 9.90 Å². The van der Waals surface area contributed by atoms with Crippen LogP contribution in [0, 0.1) is 0 Å². The van der Waals surface area contributed by atoms with E-state index in [4.69, 9.17) is 5.11 Å². The van der Waals surface area contributed by atoms with Crippen molar-refractivity contribution in [2.24, 2.45) is 0 Å². The molecule has 0 unspecified atom stereocenters. The zero-order chi connectivity index (χ0) is 4.99. The van der Waals surface area contributed by atoms with Gasteiger partial charge in [0.25, 0.3) is 0 Å². The van der Waals surface area contributed by atoms with Gasteiger partial charge in [0.1, 0.15) is 0 Å². The van der Waals surface area contributed by atoms with Crippen LogP contribution in [0.1, 0.15) is 19.8 Å². The predicted molar refractivity (Wildman–Crippen MR) is 37.0 cm³/mol. The highest BCUT2D eigenvalue weighted by Gasteiger charge is 1.87. The Morgan fingerprint density at radius 2 is 1.88 bits per heavy atom. The number of halogens is 2. The van der Waals surface area contributed by atoms with Gasteiger partial charge in [-0.15, -0.1) is 24.8 Å². The molecule has 0 radical (unpaired) electrons. The van der Waals surface area contributed by atoms with Crippen molar-refractivity contribution in [1.29, 1.82) is 0 Å². The molecular weight excluding hydrogens is 151 g/mol. The summed E-state index contributed by atoms with van der Waals surface area (Å²) in [5, 5.41) is 7.91. The van der Waals surface area contributed by atoms with Gasteiger partial charge in [-0.2, -0.15) is 0 Å². The Hall–Kier alpha value is 0.0500. The Bertz CT molecular complexity index is 56.0. The predicted octanol–water partition coefficient (Wildman–Crippen LogP) is 1.71. The Kier molecular flexibility index (Phi) is 19.8. The van der Waals surface area contributed by atoms with Crippen LogP contribution in [0.4, 0.5) is 0 Å². The lowest BCUT2D eigenvalue weighted by Gasteiger charge is -1.79. The zero-order valence-corrected chi connectivity index (χ0v) is 6.22. The maximum Gasteiger partial charge on any atom is 0.303 e. The summed E-state index contributed by atoms with van der Waals surface area (Å²) in [6, 6.07) is 0. The topological polar surface area (TPSA) is 37.3 Å². The van der Waals surface area contributed by atoms with E-state index in [2.05, 4.69) is 0 Å². The van der Waals surface area contributed by atoms with Crippen LogP contribution in [0.25, 0.3) is 0 Å². The third kappa shape index (κ3) is 16.6. The monoisotopic (exact) mass is 160 g/mol. The van der Waals surface area contributed by atoms with Crippen molar-refractivity contribution in [3.8, 4) is 0 Å². The molecule has 0 amide bonds. The lowest BCUT2D eigenvalue weighted by molar-refractivity contribution is -0.137. The maximum absolute atomic E-state index is 9.60. The fourth-order valence-electron chi connectivity index (χ4n) is 0.214. The highest BCUT2D eigenvalue weighted by molar-refractivity contribution is 5.85. The third-order valence-electron chi connectivity index (χ3n) is 0.464. The Morgan fingerprint density at radius 3 is 1.88 bits per heavy atom. The van der Waals surface area contributed by atoms with E-state index in [1.807, 2.05) is 6.92 Å². The molecule has 0 atom stereocenters. The fourth-order valence-corrected chi connectivity index (χ4v) is 0.214. The SMILES string of the molecule is CCCC(=O)O.Cl.Cl. The molecule has 1 N–H and O–H groups in total. The number of rotatable bonds is 2. The quantitative estimate of drug-likeness (QED) is 0.669. The number of carboxylic acids is 1. The molecule has 0 aromatic carbocycles. The summed E-state index contributed by atoms with van der Waals surface area (Å²) < 4.78 is 0. The summed E-state index contributed by atoms with van der Waals surface area (Å²) in [7, 11) is 0. The van der Waals surface area contributed by atoms with Crippen LogP contribution >= 0.6 is 24.8 Å². The number of hydrogen-bond acceptors (Lipinski definition) is 1. The van der Waals surface area contributed by atoms with E-state index in [0.717, 1.165) is 6.42 Å². The molecule has 0 aliphatic rings. The smallest absolute Gasteiger partial charge is 0.303 e. The van der Waals surface area contributed by atoms with Crippen LogP contribution in [0.3, 0.4) is 0 Å². The maximum atomic E-state index is 9.60. The van der Waals surface area contributed by atoms with Gasteiger partial charge in [0.15, 0.2) is 0 Å². The number of carbonyl (C=O) groups is 1. The molecule has 0 aromatic heterocycles. The van der Waals surface area contributed by atoms with Gasteiger partial charge >= 0.3 is 5.97 Å². The lowest BCUT2D eigenvalue weighted by atomic mass is 10.4. The summed E-state index contributed by atoms with van der Waals surface area (Å²) >= 11 is 0. The minimum Gasteiger partial charge on any atom is -0.481 e. The molecular formula is C4H10Cl2O2. The third-order valence-corrected chi connectivity index (χ3v) is 0.464. The average Bonchev–Trinajstić information content (AvgIpc) is 1.35. The summed E-state index contributed by atoms with van der Waals surface area (Å²) in [5.41, 5.74) is 0. The molecule has 0 fully saturated rings. The van der Waals surface area contributed by atoms with Gasteiger partial charge in [-0.1, -0.05) is 6.92 Å². The number of hydrogen-bond donors (Lipinski definition) is 1. The van der Waals surface area contributed by atoms with Crippen LogP contribution in [-0.4, -0.2) is 11.1 Å². The van der Waals surface area contributed by atoms with Gasteiger partial charge in [0.05, 0.1) is 0 Å². The normalized spacial score (nSPS) is 6.12. The average molecular weight is 161 g/mol. The molecule has 2 nitrogen and oxygen atoms in total. The second-order valence-corrected chi connectivity index (χ2v) is 1.14. The minimum atomic E-state index is -0.711. The van der Waals surface area contributed by atoms with Gasteiger partial charge in [0.2, 0.25) is 0 Å². The molecule has 8 heavy (non-hydrogen) atoms. The molecule has 4 heteroatoms. The second-order valence-electron chi connectivity index (χ2n) is 1.14. The largest absolute Gasteiger partial charge is 0.481 e. The van der Waals surface area contributed by atoms with E-state index in [1.165, 1.54) is 0 Å². The Balaban J connectivity index is -0.000000125. The van der Waals surface area contributed by atoms with Crippen molar-refractivity contribution >= 4 is 30.8 Å². The highest BCUT2D eigenvalue weighted by Crippen LogP contribution is 1.82. The van der Waals surface area contributed by atoms with Crippen molar-refractivity contribution in [2.45, 2.75) is 19.8 Å². The van der Waals surface area contributed by atoms with Crippen molar-refractivity contribution in [1.82, 2.24) is 0 Å². The van der Waals surface area contributed by atoms with E-state index >= 15 is 0 Å². The standard InChI is InChI=1S/C4H8O2.2ClH/c1-2-3-4(5)6;;/h2-3H2,1H3,(H,5,6);2*1H. The molecule has 0 aliphatic carbocycles. The first-order valence-corrected chi connectivity index (χ1v) is 1.99. The molecule has 0 bridgehead atoms. The molecule has 52 valence electrons. The Labute approximate surface area is 61.1 Å². The molecule has 0 saturated heterocycles. The van der Waals surface area contributed by atoms with Gasteiger partial charge in [-0.05, 0) is 6.42 Å². The summed E-state index contributed by atoms with van der Waals surface area (Å²) in [6.45, 7) is 1.84. The van der Waals surface area contributed by atoms with Gasteiger partial charge in [-0.3, -0.25) is 4.79 Å². The van der Waals surface area contributed by atoms with Crippen molar-refractivity contribution in [3.05, 3.63) is 0 Å². The van der Waals surface area contributed by atoms with Crippen LogP contribution in [0.5, 0.6) is 0 Å². The first kappa shape index (κ1) is 15.7. The van der Waals surface area contributed by atoms with Gasteiger partial charge in [0, 0.05) is 6.42 Å². The van der Waals surface area contributed by atoms with E-state index in [1.54, 1.807) is 0 Å². The first-order chi connectivity index (χ1) is 2.77. The van der Waals surface area contributed by atoms with E-state index in [-0.39, 0.29) is 24.8 Å². The van der Waals surface area contributed by atoms with Crippen molar-refractivity contribution in [3.63, 3.8) is 0 Å². The van der Waals surface area contributed by atoms with E-state index in [9.17, 15) is 4.79 Å². The second kappa shape index (κ2) is 10.1. The summed E-state index contributed by atoms with van der Waals surface area (Å²) in [4.78, 5) is 9.60. The Morgan fingerprint density at radius 1 is 1.50 bits per heavy atom. The molecule has 0 heterocycles. The van der Waals surface area contributed by atoms with E-state index in [0.29, 0.717) is 6.42 Å². The molecule has 0 spiro atoms. The number of aliphatic carboxylic acids is 1. The van der Waals surface area contributed by atoms with Gasteiger partial charge in [-0.25, -0.2) is 0 Å². The zero-order valence-electron chi connectivity index (χ0n) is 4.59. The fraction of sp³-hybridized carbons (Fsp3) is 0.750. The highest BCUT2D eigenvalue weighted by atomic mass is 35.5. The van der Waals surface area contributed by atoms with Crippen molar-refractivity contribution in [2.75, 3.05) is 0 Å². The van der Waals surface area contributed by atoms with Crippen LogP contribution < -0.4 is 0 Å². The number of carboxylic acid groups (broad SMARTS) is 1. The molecule has 0 aromatic rings. The minimum absolute atomic E-state index is 0.